The standard InChI is InChI=1S/C15H30N2O2/c1-4-15(5-2)9-11-17(12-15)10-7-6-8-14(3,16)13(18)19/h4-12,16H2,1-3H3,(H,18,19). The van der Waals surface area contributed by atoms with Crippen molar-refractivity contribution in [3.8, 4) is 0 Å². The SMILES string of the molecule is CCC1(CC)CCN(CCCCC(C)(N)C(=O)O)C1. The van der Waals surface area contributed by atoms with Gasteiger partial charge in [0.1, 0.15) is 5.54 Å². The van der Waals surface area contributed by atoms with Gasteiger partial charge in [0, 0.05) is 6.54 Å². The molecule has 1 atom stereocenters. The van der Waals surface area contributed by atoms with E-state index in [0.29, 0.717) is 11.8 Å². The van der Waals surface area contributed by atoms with E-state index in [1.165, 1.54) is 32.4 Å². The topological polar surface area (TPSA) is 66.6 Å². The Hall–Kier alpha value is -0.610. The molecule has 1 fully saturated rings. The van der Waals surface area contributed by atoms with E-state index in [1.807, 2.05) is 0 Å². The van der Waals surface area contributed by atoms with Gasteiger partial charge in [-0.3, -0.25) is 4.79 Å². The van der Waals surface area contributed by atoms with Gasteiger partial charge in [0.25, 0.3) is 0 Å². The van der Waals surface area contributed by atoms with Gasteiger partial charge < -0.3 is 15.7 Å². The van der Waals surface area contributed by atoms with Gasteiger partial charge in [0.15, 0.2) is 0 Å². The van der Waals surface area contributed by atoms with Gasteiger partial charge in [-0.05, 0) is 64.0 Å². The lowest BCUT2D eigenvalue weighted by atomic mass is 9.82. The number of unbranched alkanes of at least 4 members (excludes halogenated alkanes) is 1. The third kappa shape index (κ3) is 4.46. The number of aliphatic carboxylic acids is 1. The van der Waals surface area contributed by atoms with Crippen LogP contribution in [0.1, 0.15) is 59.3 Å². The van der Waals surface area contributed by atoms with Crippen molar-refractivity contribution in [2.45, 2.75) is 64.8 Å². The Morgan fingerprint density at radius 3 is 2.47 bits per heavy atom. The van der Waals surface area contributed by atoms with E-state index in [0.717, 1.165) is 19.4 Å². The summed E-state index contributed by atoms with van der Waals surface area (Å²) in [6, 6.07) is 0. The van der Waals surface area contributed by atoms with Crippen molar-refractivity contribution in [3.63, 3.8) is 0 Å². The van der Waals surface area contributed by atoms with Crippen LogP contribution >= 0.6 is 0 Å². The first kappa shape index (κ1) is 16.4. The van der Waals surface area contributed by atoms with E-state index in [9.17, 15) is 4.79 Å². The van der Waals surface area contributed by atoms with E-state index in [-0.39, 0.29) is 0 Å². The lowest BCUT2D eigenvalue weighted by molar-refractivity contribution is -0.142. The monoisotopic (exact) mass is 270 g/mol. The first-order valence-electron chi connectivity index (χ1n) is 7.60. The van der Waals surface area contributed by atoms with Crippen LogP contribution < -0.4 is 5.73 Å². The lowest BCUT2D eigenvalue weighted by Gasteiger charge is -2.26. The molecule has 4 nitrogen and oxygen atoms in total. The van der Waals surface area contributed by atoms with E-state index < -0.39 is 11.5 Å². The number of carboxylic acids is 1. The number of rotatable bonds is 8. The molecule has 1 rings (SSSR count). The molecule has 1 unspecified atom stereocenters. The summed E-state index contributed by atoms with van der Waals surface area (Å²) in [4.78, 5) is 13.4. The maximum absolute atomic E-state index is 10.9. The van der Waals surface area contributed by atoms with Gasteiger partial charge in [-0.2, -0.15) is 0 Å². The van der Waals surface area contributed by atoms with Gasteiger partial charge in [-0.15, -0.1) is 0 Å². The Balaban J connectivity index is 2.23. The summed E-state index contributed by atoms with van der Waals surface area (Å²) >= 11 is 0. The predicted octanol–water partition coefficient (Wildman–Crippen LogP) is 2.47. The van der Waals surface area contributed by atoms with Crippen molar-refractivity contribution in [1.82, 2.24) is 4.90 Å². The normalized spacial score (nSPS) is 22.3. The number of carbonyl (C=O) groups is 1. The van der Waals surface area contributed by atoms with Gasteiger partial charge in [-0.1, -0.05) is 13.8 Å². The zero-order valence-corrected chi connectivity index (χ0v) is 12.7. The van der Waals surface area contributed by atoms with Crippen LogP contribution in [-0.2, 0) is 4.79 Å². The molecular formula is C15H30N2O2. The summed E-state index contributed by atoms with van der Waals surface area (Å²) in [5.41, 5.74) is 5.19. The van der Waals surface area contributed by atoms with Crippen LogP contribution in [-0.4, -0.2) is 41.1 Å². The Labute approximate surface area is 117 Å². The molecule has 0 aliphatic carbocycles. The smallest absolute Gasteiger partial charge is 0.323 e. The van der Waals surface area contributed by atoms with Crippen molar-refractivity contribution >= 4 is 5.97 Å². The molecule has 112 valence electrons. The van der Waals surface area contributed by atoms with Crippen LogP contribution in [0.2, 0.25) is 0 Å². The minimum Gasteiger partial charge on any atom is -0.480 e. The van der Waals surface area contributed by atoms with Crippen LogP contribution in [0.3, 0.4) is 0 Å². The molecule has 0 aromatic carbocycles. The molecule has 1 aliphatic heterocycles. The fourth-order valence-corrected chi connectivity index (χ4v) is 2.98. The highest BCUT2D eigenvalue weighted by atomic mass is 16.4. The number of carboxylic acid groups (broad SMARTS) is 1. The average molecular weight is 270 g/mol. The van der Waals surface area contributed by atoms with Crippen molar-refractivity contribution in [2.75, 3.05) is 19.6 Å². The molecule has 0 aromatic heterocycles. The Kier molecular flexibility index (Phi) is 5.81. The fraction of sp³-hybridized carbons (Fsp3) is 0.933. The number of hydrogen-bond acceptors (Lipinski definition) is 3. The highest BCUT2D eigenvalue weighted by Gasteiger charge is 2.34. The van der Waals surface area contributed by atoms with Gasteiger partial charge >= 0.3 is 5.97 Å². The maximum Gasteiger partial charge on any atom is 0.323 e. The largest absolute Gasteiger partial charge is 0.480 e. The average Bonchev–Trinajstić information content (AvgIpc) is 2.79. The van der Waals surface area contributed by atoms with Crippen molar-refractivity contribution in [1.29, 1.82) is 0 Å². The summed E-state index contributed by atoms with van der Waals surface area (Å²) in [7, 11) is 0. The quantitative estimate of drug-likeness (QED) is 0.665. The van der Waals surface area contributed by atoms with E-state index in [4.69, 9.17) is 10.8 Å². The summed E-state index contributed by atoms with van der Waals surface area (Å²) in [5, 5.41) is 8.95. The second kappa shape index (κ2) is 6.71. The third-order valence-electron chi connectivity index (χ3n) is 4.93. The highest BCUT2D eigenvalue weighted by molar-refractivity contribution is 5.77. The molecule has 0 radical (unpaired) electrons. The second-order valence-corrected chi connectivity index (χ2v) is 6.41. The first-order chi connectivity index (χ1) is 8.85. The summed E-state index contributed by atoms with van der Waals surface area (Å²) in [6.45, 7) is 9.67. The van der Waals surface area contributed by atoms with Gasteiger partial charge in [0.05, 0.1) is 0 Å². The molecule has 4 heteroatoms. The zero-order chi connectivity index (χ0) is 14.5. The summed E-state index contributed by atoms with van der Waals surface area (Å²) < 4.78 is 0. The molecule has 1 aliphatic rings. The molecule has 19 heavy (non-hydrogen) atoms. The molecule has 3 N–H and O–H groups in total. The fourth-order valence-electron chi connectivity index (χ4n) is 2.98. The van der Waals surface area contributed by atoms with Crippen LogP contribution in [0.15, 0.2) is 0 Å². The Morgan fingerprint density at radius 2 is 2.00 bits per heavy atom. The number of nitrogens with zero attached hydrogens (tertiary/aromatic N) is 1. The Bertz CT molecular complexity index is 299. The molecule has 0 spiro atoms. The zero-order valence-electron chi connectivity index (χ0n) is 12.7. The first-order valence-corrected chi connectivity index (χ1v) is 7.60. The van der Waals surface area contributed by atoms with E-state index >= 15 is 0 Å². The van der Waals surface area contributed by atoms with E-state index in [1.54, 1.807) is 6.92 Å². The Morgan fingerprint density at radius 1 is 1.37 bits per heavy atom. The van der Waals surface area contributed by atoms with Gasteiger partial charge in [-0.25, -0.2) is 0 Å². The number of likely N-dealkylation sites (tertiary alicyclic amines) is 1. The molecular weight excluding hydrogens is 240 g/mol. The minimum atomic E-state index is -1.07. The van der Waals surface area contributed by atoms with E-state index in [2.05, 4.69) is 18.7 Å². The summed E-state index contributed by atoms with van der Waals surface area (Å²) in [5.74, 6) is -0.898. The second-order valence-electron chi connectivity index (χ2n) is 6.41. The third-order valence-corrected chi connectivity index (χ3v) is 4.93. The van der Waals surface area contributed by atoms with Crippen LogP contribution in [0, 0.1) is 5.41 Å². The lowest BCUT2D eigenvalue weighted by Crippen LogP contribution is -2.44. The molecule has 1 saturated heterocycles. The predicted molar refractivity (Wildman–Crippen MR) is 78.2 cm³/mol. The van der Waals surface area contributed by atoms with Crippen molar-refractivity contribution in [3.05, 3.63) is 0 Å². The summed E-state index contributed by atoms with van der Waals surface area (Å²) in [6.07, 6.45) is 6.33. The molecule has 0 bridgehead atoms. The maximum atomic E-state index is 10.9. The molecule has 0 aromatic rings. The van der Waals surface area contributed by atoms with Gasteiger partial charge in [0.2, 0.25) is 0 Å². The number of nitrogens with two attached hydrogens (primary N) is 1. The molecule has 1 heterocycles. The van der Waals surface area contributed by atoms with Crippen LogP contribution in [0.25, 0.3) is 0 Å². The highest BCUT2D eigenvalue weighted by Crippen LogP contribution is 2.36. The van der Waals surface area contributed by atoms with Crippen molar-refractivity contribution in [2.24, 2.45) is 11.1 Å². The minimum absolute atomic E-state index is 0.531. The van der Waals surface area contributed by atoms with Crippen LogP contribution in [0.4, 0.5) is 0 Å². The molecule has 0 amide bonds. The van der Waals surface area contributed by atoms with Crippen LogP contribution in [0.5, 0.6) is 0 Å². The van der Waals surface area contributed by atoms with Crippen molar-refractivity contribution < 1.29 is 9.90 Å². The molecule has 0 saturated carbocycles. The number of hydrogen-bond donors (Lipinski definition) is 2.